The Labute approximate surface area is 145 Å². The first kappa shape index (κ1) is 16.7. The van der Waals surface area contributed by atoms with Gasteiger partial charge in [-0.3, -0.25) is 0 Å². The van der Waals surface area contributed by atoms with Gasteiger partial charge < -0.3 is 4.74 Å². The highest BCUT2D eigenvalue weighted by molar-refractivity contribution is 7.89. The molecule has 0 N–H and O–H groups in total. The lowest BCUT2D eigenvalue weighted by atomic mass is 10.1. The van der Waals surface area contributed by atoms with Crippen LogP contribution in [0.5, 0.6) is 0 Å². The average molecular weight is 372 g/mol. The molecule has 1 aliphatic rings. The molecule has 2 aromatic rings. The number of nitrogens with zero attached hydrogens (tertiary/aromatic N) is 1. The second-order valence-electron chi connectivity index (χ2n) is 5.21. The summed E-state index contributed by atoms with van der Waals surface area (Å²) in [7, 11) is -3.53. The Morgan fingerprint density at radius 1 is 1.04 bits per heavy atom. The summed E-state index contributed by atoms with van der Waals surface area (Å²) in [6.07, 6.45) is -0.364. The molecule has 1 aliphatic heterocycles. The highest BCUT2D eigenvalue weighted by Crippen LogP contribution is 2.30. The lowest BCUT2D eigenvalue weighted by Crippen LogP contribution is -2.42. The Morgan fingerprint density at radius 2 is 1.78 bits per heavy atom. The molecule has 0 aromatic heterocycles. The van der Waals surface area contributed by atoms with Gasteiger partial charge >= 0.3 is 0 Å². The summed E-state index contributed by atoms with van der Waals surface area (Å²) in [5.41, 5.74) is 0.812. The summed E-state index contributed by atoms with van der Waals surface area (Å²) in [5.74, 6) is 0. The molecule has 0 radical (unpaired) electrons. The maximum Gasteiger partial charge on any atom is 0.243 e. The first-order valence-corrected chi connectivity index (χ1v) is 9.30. The summed E-state index contributed by atoms with van der Waals surface area (Å²) < 4.78 is 32.6. The second-order valence-corrected chi connectivity index (χ2v) is 7.96. The molecular weight excluding hydrogens is 357 g/mol. The number of sulfonamides is 1. The molecule has 1 heterocycles. The monoisotopic (exact) mass is 371 g/mol. The van der Waals surface area contributed by atoms with Gasteiger partial charge in [-0.1, -0.05) is 47.5 Å². The van der Waals surface area contributed by atoms with Crippen LogP contribution in [0.25, 0.3) is 0 Å². The molecule has 1 unspecified atom stereocenters. The number of morpholine rings is 1. The van der Waals surface area contributed by atoms with E-state index < -0.39 is 10.0 Å². The van der Waals surface area contributed by atoms with Crippen LogP contribution in [0, 0.1) is 0 Å². The van der Waals surface area contributed by atoms with E-state index in [9.17, 15) is 8.42 Å². The van der Waals surface area contributed by atoms with Crippen LogP contribution in [-0.4, -0.2) is 32.4 Å². The summed E-state index contributed by atoms with van der Waals surface area (Å²) in [5, 5.41) is 0.885. The van der Waals surface area contributed by atoms with Crippen molar-refractivity contribution in [3.63, 3.8) is 0 Å². The van der Waals surface area contributed by atoms with Gasteiger partial charge in [0.1, 0.15) is 0 Å². The smallest absolute Gasteiger partial charge is 0.243 e. The fraction of sp³-hybridized carbons (Fsp3) is 0.250. The van der Waals surface area contributed by atoms with Crippen molar-refractivity contribution in [1.82, 2.24) is 4.31 Å². The van der Waals surface area contributed by atoms with Crippen LogP contribution in [0.4, 0.5) is 0 Å². The van der Waals surface area contributed by atoms with Crippen LogP contribution in [0.2, 0.25) is 10.0 Å². The van der Waals surface area contributed by atoms with Crippen molar-refractivity contribution in [2.24, 2.45) is 0 Å². The lowest BCUT2D eigenvalue weighted by Gasteiger charge is -2.32. The van der Waals surface area contributed by atoms with E-state index in [0.717, 1.165) is 5.56 Å². The summed E-state index contributed by atoms with van der Waals surface area (Å²) >= 11 is 12.0. The molecule has 0 bridgehead atoms. The van der Waals surface area contributed by atoms with Crippen LogP contribution in [0.3, 0.4) is 0 Å². The normalized spacial score (nSPS) is 19.7. The summed E-state index contributed by atoms with van der Waals surface area (Å²) in [4.78, 5) is 0.287. The van der Waals surface area contributed by atoms with Crippen molar-refractivity contribution in [2.75, 3.05) is 19.7 Å². The number of benzene rings is 2. The molecule has 1 saturated heterocycles. The molecule has 0 amide bonds. The highest BCUT2D eigenvalue weighted by Gasteiger charge is 2.31. The molecule has 0 spiro atoms. The van der Waals surface area contributed by atoms with E-state index in [4.69, 9.17) is 27.9 Å². The zero-order chi connectivity index (χ0) is 16.4. The van der Waals surface area contributed by atoms with Gasteiger partial charge in [-0.05, 0) is 29.8 Å². The Kier molecular flexibility index (Phi) is 4.94. The van der Waals surface area contributed by atoms with E-state index in [1.165, 1.54) is 4.31 Å². The minimum absolute atomic E-state index is 0.245. The van der Waals surface area contributed by atoms with Crippen molar-refractivity contribution in [1.29, 1.82) is 0 Å². The first-order chi connectivity index (χ1) is 11.0. The van der Waals surface area contributed by atoms with E-state index in [0.29, 0.717) is 23.2 Å². The van der Waals surface area contributed by atoms with E-state index in [1.54, 1.807) is 48.5 Å². The van der Waals surface area contributed by atoms with Gasteiger partial charge in [0.05, 0.1) is 27.7 Å². The van der Waals surface area contributed by atoms with Crippen LogP contribution >= 0.6 is 23.2 Å². The van der Waals surface area contributed by atoms with Crippen LogP contribution in [0.1, 0.15) is 11.7 Å². The molecule has 122 valence electrons. The van der Waals surface area contributed by atoms with Crippen molar-refractivity contribution in [2.45, 2.75) is 11.0 Å². The van der Waals surface area contributed by atoms with Crippen molar-refractivity contribution < 1.29 is 13.2 Å². The Bertz CT molecular complexity index is 796. The van der Waals surface area contributed by atoms with E-state index in [1.807, 2.05) is 0 Å². The maximum atomic E-state index is 12.7. The fourth-order valence-electron chi connectivity index (χ4n) is 2.50. The van der Waals surface area contributed by atoms with Crippen molar-refractivity contribution >= 4 is 33.2 Å². The Hall–Kier alpha value is -1.11. The van der Waals surface area contributed by atoms with Gasteiger partial charge in [0.25, 0.3) is 0 Å². The van der Waals surface area contributed by atoms with Crippen LogP contribution in [0.15, 0.2) is 53.4 Å². The number of hydrogen-bond donors (Lipinski definition) is 0. The van der Waals surface area contributed by atoms with Crippen LogP contribution in [-0.2, 0) is 14.8 Å². The number of halogens is 2. The minimum atomic E-state index is -3.53. The Balaban J connectivity index is 1.85. The van der Waals surface area contributed by atoms with Gasteiger partial charge in [0.15, 0.2) is 0 Å². The Morgan fingerprint density at radius 3 is 2.48 bits per heavy atom. The quantitative estimate of drug-likeness (QED) is 0.824. The molecule has 1 fully saturated rings. The topological polar surface area (TPSA) is 46.6 Å². The standard InChI is InChI=1S/C16H15Cl2NO3S/c17-14-7-6-12(10-15(14)18)16-11-19(8-9-22-16)23(20,21)13-4-2-1-3-5-13/h1-7,10,16H,8-9,11H2. The summed E-state index contributed by atoms with van der Waals surface area (Å²) in [6.45, 7) is 0.904. The van der Waals surface area contributed by atoms with Gasteiger partial charge in [0.2, 0.25) is 10.0 Å². The molecule has 3 rings (SSSR count). The number of ether oxygens (including phenoxy) is 1. The predicted octanol–water partition coefficient (Wildman–Crippen LogP) is 3.76. The number of rotatable bonds is 3. The highest BCUT2D eigenvalue weighted by atomic mass is 35.5. The van der Waals surface area contributed by atoms with E-state index in [-0.39, 0.29) is 17.5 Å². The maximum absolute atomic E-state index is 12.7. The second kappa shape index (κ2) is 6.79. The molecule has 23 heavy (non-hydrogen) atoms. The zero-order valence-corrected chi connectivity index (χ0v) is 14.5. The van der Waals surface area contributed by atoms with Gasteiger partial charge in [-0.15, -0.1) is 0 Å². The van der Waals surface area contributed by atoms with Gasteiger partial charge in [0, 0.05) is 13.1 Å². The van der Waals surface area contributed by atoms with Crippen molar-refractivity contribution in [3.05, 3.63) is 64.1 Å². The van der Waals surface area contributed by atoms with E-state index >= 15 is 0 Å². The fourth-order valence-corrected chi connectivity index (χ4v) is 4.25. The molecule has 7 heteroatoms. The van der Waals surface area contributed by atoms with Gasteiger partial charge in [-0.2, -0.15) is 4.31 Å². The lowest BCUT2D eigenvalue weighted by molar-refractivity contribution is -0.00254. The molecule has 4 nitrogen and oxygen atoms in total. The third kappa shape index (κ3) is 3.54. The van der Waals surface area contributed by atoms with Crippen LogP contribution < -0.4 is 0 Å². The minimum Gasteiger partial charge on any atom is -0.371 e. The molecule has 0 saturated carbocycles. The molecule has 2 aromatic carbocycles. The predicted molar refractivity (Wildman–Crippen MR) is 90.4 cm³/mol. The number of hydrogen-bond acceptors (Lipinski definition) is 3. The third-order valence-electron chi connectivity index (χ3n) is 3.73. The van der Waals surface area contributed by atoms with Crippen molar-refractivity contribution in [3.8, 4) is 0 Å². The van der Waals surface area contributed by atoms with E-state index in [2.05, 4.69) is 0 Å². The third-order valence-corrected chi connectivity index (χ3v) is 6.34. The van der Waals surface area contributed by atoms with Gasteiger partial charge in [-0.25, -0.2) is 8.42 Å². The SMILES string of the molecule is O=S(=O)(c1ccccc1)N1CCOC(c2ccc(Cl)c(Cl)c2)C1. The molecule has 1 atom stereocenters. The average Bonchev–Trinajstić information content (AvgIpc) is 2.58. The largest absolute Gasteiger partial charge is 0.371 e. The molecular formula is C16H15Cl2NO3S. The first-order valence-electron chi connectivity index (χ1n) is 7.10. The summed E-state index contributed by atoms with van der Waals surface area (Å²) in [6, 6.07) is 13.6. The zero-order valence-electron chi connectivity index (χ0n) is 12.2. The molecule has 0 aliphatic carbocycles.